The number of hydrogen-bond acceptors (Lipinski definition) is 10. The maximum atomic E-state index is 11.9. The summed E-state index contributed by atoms with van der Waals surface area (Å²) in [4.78, 5) is 35.6. The van der Waals surface area contributed by atoms with Crippen LogP contribution in [0.5, 0.6) is 0 Å². The highest BCUT2D eigenvalue weighted by molar-refractivity contribution is 5.74. The van der Waals surface area contributed by atoms with Crippen LogP contribution in [-0.2, 0) is 14.3 Å². The third-order valence-corrected chi connectivity index (χ3v) is 5.22. The largest absolute Gasteiger partial charge is 0.466 e. The van der Waals surface area contributed by atoms with Crippen molar-refractivity contribution in [3.8, 4) is 0 Å². The van der Waals surface area contributed by atoms with Crippen molar-refractivity contribution in [1.29, 1.82) is 0 Å². The molecule has 0 atom stereocenters. The van der Waals surface area contributed by atoms with E-state index in [0.717, 1.165) is 19.6 Å². The van der Waals surface area contributed by atoms with Gasteiger partial charge in [0.25, 0.3) is 0 Å². The molecular formula is C18H28N6O5. The second-order valence-electron chi connectivity index (χ2n) is 7.05. The zero-order chi connectivity index (χ0) is 20.6. The average Bonchev–Trinajstić information content (AvgIpc) is 2.74. The summed E-state index contributed by atoms with van der Waals surface area (Å²) in [6.07, 6.45) is 2.51. The maximum absolute atomic E-state index is 11.9. The van der Waals surface area contributed by atoms with Crippen LogP contribution in [0.1, 0.15) is 19.8 Å². The third-order valence-electron chi connectivity index (χ3n) is 5.22. The van der Waals surface area contributed by atoms with E-state index in [9.17, 15) is 14.9 Å². The highest BCUT2D eigenvalue weighted by Gasteiger charge is 2.32. The second-order valence-corrected chi connectivity index (χ2v) is 7.05. The monoisotopic (exact) mass is 408 g/mol. The summed E-state index contributed by atoms with van der Waals surface area (Å²) in [5, 5.41) is 14.9. The second kappa shape index (κ2) is 10.3. The van der Waals surface area contributed by atoms with Crippen molar-refractivity contribution < 1.29 is 19.2 Å². The van der Waals surface area contributed by atoms with Crippen LogP contribution >= 0.6 is 0 Å². The van der Waals surface area contributed by atoms with E-state index in [1.54, 1.807) is 6.92 Å². The van der Waals surface area contributed by atoms with Gasteiger partial charge in [-0.2, -0.15) is 0 Å². The molecule has 1 aromatic rings. The van der Waals surface area contributed by atoms with Gasteiger partial charge in [-0.15, -0.1) is 0 Å². The maximum Gasteiger partial charge on any atom is 0.353 e. The van der Waals surface area contributed by atoms with Crippen LogP contribution < -0.4 is 10.2 Å². The first kappa shape index (κ1) is 21.2. The Morgan fingerprint density at radius 1 is 1.31 bits per heavy atom. The predicted octanol–water partition coefficient (Wildman–Crippen LogP) is 0.908. The standard InChI is InChI=1S/C18H28N6O5/c1-2-29-18(25)14-3-6-23(7-4-14)17-15(24(26)27)16(20-13-21-17)19-5-8-22-9-11-28-12-10-22/h13-14H,2-12H2,1H3,(H,19,20,21). The average molecular weight is 408 g/mol. The summed E-state index contributed by atoms with van der Waals surface area (Å²) in [6, 6.07) is 0. The minimum atomic E-state index is -0.441. The normalized spacial score (nSPS) is 18.4. The molecule has 3 heterocycles. The summed E-state index contributed by atoms with van der Waals surface area (Å²) in [7, 11) is 0. The van der Waals surface area contributed by atoms with Crippen LogP contribution in [0.2, 0.25) is 0 Å². The van der Waals surface area contributed by atoms with Crippen LogP contribution in [-0.4, -0.2) is 84.8 Å². The summed E-state index contributed by atoms with van der Waals surface area (Å²) in [6.45, 7) is 7.58. The Bertz CT molecular complexity index is 704. The van der Waals surface area contributed by atoms with Crippen molar-refractivity contribution in [1.82, 2.24) is 14.9 Å². The fraction of sp³-hybridized carbons (Fsp3) is 0.722. The number of morpholine rings is 1. The van der Waals surface area contributed by atoms with E-state index in [2.05, 4.69) is 20.2 Å². The van der Waals surface area contributed by atoms with Crippen molar-refractivity contribution >= 4 is 23.3 Å². The number of esters is 1. The molecule has 1 aromatic heterocycles. The topological polar surface area (TPSA) is 123 Å². The molecule has 11 heteroatoms. The van der Waals surface area contributed by atoms with Crippen LogP contribution in [0.4, 0.5) is 17.3 Å². The fourth-order valence-electron chi connectivity index (χ4n) is 3.64. The number of aromatic nitrogens is 2. The Labute approximate surface area is 169 Å². The van der Waals surface area contributed by atoms with Gasteiger partial charge in [-0.25, -0.2) is 9.97 Å². The summed E-state index contributed by atoms with van der Waals surface area (Å²) < 4.78 is 10.4. The lowest BCUT2D eigenvalue weighted by molar-refractivity contribution is -0.383. The van der Waals surface area contributed by atoms with Gasteiger partial charge in [-0.05, 0) is 19.8 Å². The SMILES string of the molecule is CCOC(=O)C1CCN(c2ncnc(NCCN3CCOCC3)c2[N+](=O)[O-])CC1. The number of nitrogens with zero attached hydrogens (tertiary/aromatic N) is 5. The zero-order valence-electron chi connectivity index (χ0n) is 16.7. The number of nitrogens with one attached hydrogen (secondary N) is 1. The Hall–Kier alpha value is -2.53. The highest BCUT2D eigenvalue weighted by Crippen LogP contribution is 2.34. The van der Waals surface area contributed by atoms with E-state index in [1.165, 1.54) is 6.33 Å². The first-order chi connectivity index (χ1) is 14.1. The first-order valence-electron chi connectivity index (χ1n) is 10.0. The van der Waals surface area contributed by atoms with E-state index in [-0.39, 0.29) is 23.4 Å². The summed E-state index contributed by atoms with van der Waals surface area (Å²) in [5.74, 6) is 0.148. The van der Waals surface area contributed by atoms with E-state index >= 15 is 0 Å². The van der Waals surface area contributed by atoms with Crippen molar-refractivity contribution in [2.24, 2.45) is 5.92 Å². The molecule has 2 aliphatic heterocycles. The Morgan fingerprint density at radius 2 is 2.03 bits per heavy atom. The van der Waals surface area contributed by atoms with Crippen molar-refractivity contribution in [2.45, 2.75) is 19.8 Å². The molecule has 0 bridgehead atoms. The Balaban J connectivity index is 1.64. The van der Waals surface area contributed by atoms with E-state index < -0.39 is 4.92 Å². The molecule has 2 fully saturated rings. The van der Waals surface area contributed by atoms with E-state index in [4.69, 9.17) is 9.47 Å². The molecule has 2 saturated heterocycles. The van der Waals surface area contributed by atoms with Gasteiger partial charge in [0.15, 0.2) is 0 Å². The molecule has 0 aromatic carbocycles. The number of carbonyl (C=O) groups is 1. The molecule has 0 spiro atoms. The molecule has 3 rings (SSSR count). The lowest BCUT2D eigenvalue weighted by Gasteiger charge is -2.31. The number of anilines is 2. The van der Waals surface area contributed by atoms with Crippen molar-refractivity contribution in [2.75, 3.05) is 69.3 Å². The first-order valence-corrected chi connectivity index (χ1v) is 10.0. The lowest BCUT2D eigenvalue weighted by Crippen LogP contribution is -2.39. The molecule has 0 radical (unpaired) electrons. The number of ether oxygens (including phenoxy) is 2. The van der Waals surface area contributed by atoms with Crippen LogP contribution in [0.3, 0.4) is 0 Å². The molecule has 2 aliphatic rings. The predicted molar refractivity (Wildman–Crippen MR) is 106 cm³/mol. The number of carbonyl (C=O) groups excluding carboxylic acids is 1. The molecule has 0 saturated carbocycles. The Morgan fingerprint density at radius 3 is 2.69 bits per heavy atom. The lowest BCUT2D eigenvalue weighted by atomic mass is 9.97. The molecule has 1 N–H and O–H groups in total. The van der Waals surface area contributed by atoms with Gasteiger partial charge in [0.2, 0.25) is 11.6 Å². The quantitative estimate of drug-likeness (QED) is 0.377. The minimum absolute atomic E-state index is 0.121. The van der Waals surface area contributed by atoms with Crippen molar-refractivity contribution in [3.05, 3.63) is 16.4 Å². The summed E-state index contributed by atoms with van der Waals surface area (Å²) in [5.41, 5.74) is -0.121. The van der Waals surface area contributed by atoms with Gasteiger partial charge in [-0.3, -0.25) is 19.8 Å². The van der Waals surface area contributed by atoms with Crippen LogP contribution in [0, 0.1) is 16.0 Å². The van der Waals surface area contributed by atoms with Crippen molar-refractivity contribution in [3.63, 3.8) is 0 Å². The minimum Gasteiger partial charge on any atom is -0.466 e. The summed E-state index contributed by atoms with van der Waals surface area (Å²) >= 11 is 0. The Kier molecular flexibility index (Phi) is 7.53. The smallest absolute Gasteiger partial charge is 0.353 e. The van der Waals surface area contributed by atoms with Crippen LogP contribution in [0.25, 0.3) is 0 Å². The van der Waals surface area contributed by atoms with Gasteiger partial charge < -0.3 is 19.7 Å². The number of nitro groups is 1. The van der Waals surface area contributed by atoms with Gasteiger partial charge in [0, 0.05) is 39.3 Å². The number of rotatable bonds is 8. The zero-order valence-corrected chi connectivity index (χ0v) is 16.7. The molecule has 0 unspecified atom stereocenters. The molecular weight excluding hydrogens is 380 g/mol. The number of hydrogen-bond donors (Lipinski definition) is 1. The molecule has 29 heavy (non-hydrogen) atoms. The molecule has 11 nitrogen and oxygen atoms in total. The van der Waals surface area contributed by atoms with Gasteiger partial charge in [0.1, 0.15) is 6.33 Å². The van der Waals surface area contributed by atoms with Gasteiger partial charge in [-0.1, -0.05) is 0 Å². The van der Waals surface area contributed by atoms with Crippen LogP contribution in [0.15, 0.2) is 6.33 Å². The van der Waals surface area contributed by atoms with Gasteiger partial charge >= 0.3 is 11.7 Å². The third kappa shape index (κ3) is 5.51. The van der Waals surface area contributed by atoms with E-state index in [0.29, 0.717) is 58.1 Å². The molecule has 0 amide bonds. The number of piperidine rings is 1. The fourth-order valence-corrected chi connectivity index (χ4v) is 3.64. The molecule has 0 aliphatic carbocycles. The highest BCUT2D eigenvalue weighted by atomic mass is 16.6. The van der Waals surface area contributed by atoms with Gasteiger partial charge in [0.05, 0.1) is 30.7 Å². The van der Waals surface area contributed by atoms with E-state index in [1.807, 2.05) is 4.90 Å². The molecule has 160 valence electrons.